The van der Waals surface area contributed by atoms with Gasteiger partial charge < -0.3 is 4.52 Å². The number of hydrogen-bond donors (Lipinski definition) is 0. The summed E-state index contributed by atoms with van der Waals surface area (Å²) in [6.45, 7) is 2.01. The van der Waals surface area contributed by atoms with Crippen molar-refractivity contribution < 1.29 is 13.3 Å². The van der Waals surface area contributed by atoms with Crippen LogP contribution in [-0.2, 0) is 6.54 Å². The third kappa shape index (κ3) is 3.86. The van der Waals surface area contributed by atoms with Gasteiger partial charge >= 0.3 is 0 Å². The molecule has 0 radical (unpaired) electrons. The van der Waals surface area contributed by atoms with Crippen molar-refractivity contribution in [2.45, 2.75) is 50.0 Å². The summed E-state index contributed by atoms with van der Waals surface area (Å²) < 4.78 is 32.7. The Labute approximate surface area is 174 Å². The maximum absolute atomic E-state index is 13.7. The van der Waals surface area contributed by atoms with E-state index in [1.54, 1.807) is 12.3 Å². The maximum Gasteiger partial charge on any atom is 0.231 e. The minimum absolute atomic E-state index is 0.0437. The minimum atomic E-state index is -0.823. The molecule has 2 fully saturated rings. The zero-order valence-electron chi connectivity index (χ0n) is 16.7. The van der Waals surface area contributed by atoms with Crippen LogP contribution >= 0.6 is 0 Å². The van der Waals surface area contributed by atoms with E-state index in [1.807, 2.05) is 12.3 Å². The van der Waals surface area contributed by atoms with Crippen molar-refractivity contribution in [3.63, 3.8) is 0 Å². The molecule has 2 aliphatic rings. The first-order valence-electron chi connectivity index (χ1n) is 10.6. The van der Waals surface area contributed by atoms with Crippen LogP contribution in [0, 0.1) is 11.6 Å². The van der Waals surface area contributed by atoms with Gasteiger partial charge in [-0.1, -0.05) is 30.1 Å². The number of halogens is 2. The monoisotopic (exact) mass is 410 g/mol. The number of aromatic nitrogens is 3. The molecule has 3 heterocycles. The Bertz CT molecular complexity index is 1000. The molecule has 0 spiro atoms. The minimum Gasteiger partial charge on any atom is -0.339 e. The Balaban J connectivity index is 1.39. The number of hydrogen-bond acceptors (Lipinski definition) is 5. The van der Waals surface area contributed by atoms with E-state index in [-0.39, 0.29) is 11.8 Å². The highest BCUT2D eigenvalue weighted by Crippen LogP contribution is 2.40. The van der Waals surface area contributed by atoms with Crippen molar-refractivity contribution in [1.29, 1.82) is 0 Å². The molecule has 1 saturated carbocycles. The Morgan fingerprint density at radius 1 is 1.03 bits per heavy atom. The Kier molecular flexibility index (Phi) is 5.29. The van der Waals surface area contributed by atoms with Gasteiger partial charge in [-0.05, 0) is 42.2 Å². The van der Waals surface area contributed by atoms with Crippen molar-refractivity contribution >= 4 is 0 Å². The van der Waals surface area contributed by atoms with E-state index in [0.717, 1.165) is 36.3 Å². The first-order chi connectivity index (χ1) is 14.7. The molecule has 0 amide bonds. The quantitative estimate of drug-likeness (QED) is 0.606. The average molecular weight is 410 g/mol. The van der Waals surface area contributed by atoms with E-state index in [0.29, 0.717) is 24.9 Å². The lowest BCUT2D eigenvalue weighted by Gasteiger charge is -2.16. The van der Waals surface area contributed by atoms with Gasteiger partial charge in [0.1, 0.15) is 0 Å². The molecule has 5 rings (SSSR count). The molecule has 3 aromatic rings. The van der Waals surface area contributed by atoms with Crippen molar-refractivity contribution in [2.24, 2.45) is 0 Å². The fraction of sp³-hybridized carbons (Fsp3) is 0.435. The largest absolute Gasteiger partial charge is 0.339 e. The molecule has 0 N–H and O–H groups in total. The number of likely N-dealkylation sites (tertiary alicyclic amines) is 1. The predicted molar refractivity (Wildman–Crippen MR) is 107 cm³/mol. The summed E-state index contributed by atoms with van der Waals surface area (Å²) in [4.78, 5) is 11.3. The van der Waals surface area contributed by atoms with Gasteiger partial charge in [0.25, 0.3) is 0 Å². The van der Waals surface area contributed by atoms with Crippen LogP contribution in [0.15, 0.2) is 47.2 Å². The topological polar surface area (TPSA) is 55.1 Å². The van der Waals surface area contributed by atoms with Crippen molar-refractivity contribution in [3.8, 4) is 0 Å². The molecule has 5 nitrogen and oxygen atoms in total. The fourth-order valence-electron chi connectivity index (χ4n) is 4.84. The van der Waals surface area contributed by atoms with Gasteiger partial charge in [-0.15, -0.1) is 0 Å². The number of rotatable bonds is 5. The Morgan fingerprint density at radius 3 is 2.63 bits per heavy atom. The van der Waals surface area contributed by atoms with E-state index in [1.165, 1.54) is 25.0 Å². The van der Waals surface area contributed by atoms with E-state index in [4.69, 9.17) is 9.51 Å². The van der Waals surface area contributed by atoms with Crippen molar-refractivity contribution in [1.82, 2.24) is 20.0 Å². The van der Waals surface area contributed by atoms with Crippen LogP contribution in [0.25, 0.3) is 0 Å². The van der Waals surface area contributed by atoms with Crippen LogP contribution in [0.4, 0.5) is 8.78 Å². The van der Waals surface area contributed by atoms with Gasteiger partial charge in [-0.3, -0.25) is 9.88 Å². The lowest BCUT2D eigenvalue weighted by atomic mass is 9.90. The van der Waals surface area contributed by atoms with Gasteiger partial charge in [-0.2, -0.15) is 4.98 Å². The summed E-state index contributed by atoms with van der Waals surface area (Å²) in [5, 5.41) is 4.29. The van der Waals surface area contributed by atoms with Crippen LogP contribution in [0.3, 0.4) is 0 Å². The smallest absolute Gasteiger partial charge is 0.231 e. The average Bonchev–Trinajstić information content (AvgIpc) is 3.51. The molecule has 2 atom stereocenters. The van der Waals surface area contributed by atoms with Gasteiger partial charge in [0.2, 0.25) is 5.89 Å². The van der Waals surface area contributed by atoms with Crippen LogP contribution < -0.4 is 0 Å². The van der Waals surface area contributed by atoms with Gasteiger partial charge in [0, 0.05) is 43.9 Å². The maximum atomic E-state index is 13.7. The van der Waals surface area contributed by atoms with E-state index >= 15 is 0 Å². The molecule has 0 bridgehead atoms. The van der Waals surface area contributed by atoms with Crippen molar-refractivity contribution in [3.05, 3.63) is 77.2 Å². The number of nitrogens with zero attached hydrogens (tertiary/aromatic N) is 4. The summed E-state index contributed by atoms with van der Waals surface area (Å²) >= 11 is 0. The summed E-state index contributed by atoms with van der Waals surface area (Å²) in [5.41, 5.74) is 1.87. The standard InChI is InChI=1S/C23H24F2N4O/c24-20-8-7-15(10-21(20)25)12-29-13-18(17-6-3-9-26-11-17)19(14-29)23-27-22(28-30-23)16-4-1-2-5-16/h3,6-11,16,18-19H,1-2,4-5,12-14H2. The molecule has 156 valence electrons. The van der Waals surface area contributed by atoms with Crippen molar-refractivity contribution in [2.75, 3.05) is 13.1 Å². The zero-order valence-corrected chi connectivity index (χ0v) is 16.7. The Hall–Kier alpha value is -2.67. The highest BCUT2D eigenvalue weighted by Gasteiger charge is 2.39. The molecule has 7 heteroatoms. The number of benzene rings is 1. The molecule has 2 unspecified atom stereocenters. The molecule has 2 aromatic heterocycles. The second-order valence-electron chi connectivity index (χ2n) is 8.41. The lowest BCUT2D eigenvalue weighted by molar-refractivity contribution is 0.307. The SMILES string of the molecule is Fc1ccc(CN2CC(c3cccnc3)C(c3nc(C4CCCC4)no3)C2)cc1F. The third-order valence-corrected chi connectivity index (χ3v) is 6.39. The summed E-state index contributed by atoms with van der Waals surface area (Å²) in [7, 11) is 0. The Morgan fingerprint density at radius 2 is 1.87 bits per heavy atom. The van der Waals surface area contributed by atoms with Crippen LogP contribution in [0.1, 0.15) is 66.3 Å². The first kappa shape index (κ1) is 19.3. The van der Waals surface area contributed by atoms with Gasteiger partial charge in [0.05, 0.1) is 5.92 Å². The van der Waals surface area contributed by atoms with Gasteiger partial charge in [0.15, 0.2) is 17.5 Å². The summed E-state index contributed by atoms with van der Waals surface area (Å²) in [6, 6.07) is 8.09. The fourth-order valence-corrected chi connectivity index (χ4v) is 4.84. The first-order valence-corrected chi connectivity index (χ1v) is 10.6. The predicted octanol–water partition coefficient (Wildman–Crippen LogP) is 4.78. The molecular weight excluding hydrogens is 386 g/mol. The van der Waals surface area contributed by atoms with E-state index in [2.05, 4.69) is 21.1 Å². The second kappa shape index (κ2) is 8.22. The molecular formula is C23H24F2N4O. The number of pyridine rings is 1. The zero-order chi connectivity index (χ0) is 20.5. The molecule has 30 heavy (non-hydrogen) atoms. The lowest BCUT2D eigenvalue weighted by Crippen LogP contribution is -2.20. The molecule has 1 aliphatic heterocycles. The van der Waals surface area contributed by atoms with E-state index < -0.39 is 11.6 Å². The van der Waals surface area contributed by atoms with Gasteiger partial charge in [-0.25, -0.2) is 8.78 Å². The highest BCUT2D eigenvalue weighted by atomic mass is 19.2. The third-order valence-electron chi connectivity index (χ3n) is 6.39. The summed E-state index contributed by atoms with van der Waals surface area (Å²) in [6.07, 6.45) is 8.33. The van der Waals surface area contributed by atoms with Crippen LogP contribution in [0.5, 0.6) is 0 Å². The van der Waals surface area contributed by atoms with Crippen LogP contribution in [-0.4, -0.2) is 33.1 Å². The highest BCUT2D eigenvalue weighted by molar-refractivity contribution is 5.24. The van der Waals surface area contributed by atoms with Crippen LogP contribution in [0.2, 0.25) is 0 Å². The van der Waals surface area contributed by atoms with E-state index in [9.17, 15) is 8.78 Å². The normalized spacial score (nSPS) is 22.7. The summed E-state index contributed by atoms with van der Waals surface area (Å²) in [5.74, 6) is 0.453. The second-order valence-corrected chi connectivity index (χ2v) is 8.41. The molecule has 1 aliphatic carbocycles. The molecule has 1 saturated heterocycles. The molecule has 1 aromatic carbocycles.